The monoisotopic (exact) mass is 460 g/mol. The minimum absolute atomic E-state index is 0.233. The Hall–Kier alpha value is -4.71. The number of fused-ring (bicyclic) bond motifs is 1. The van der Waals surface area contributed by atoms with Gasteiger partial charge in [0, 0.05) is 11.5 Å². The molecule has 1 N–H and O–H groups in total. The number of nitrogens with one attached hydrogen (secondary N) is 1. The van der Waals surface area contributed by atoms with Gasteiger partial charge in [0.2, 0.25) is 5.91 Å². The minimum Gasteiger partial charge on any atom is -0.489 e. The molecule has 0 fully saturated rings. The molecule has 5 rings (SSSR count). The van der Waals surface area contributed by atoms with E-state index in [0.717, 1.165) is 39.3 Å². The highest BCUT2D eigenvalue weighted by molar-refractivity contribution is 6.02. The molecule has 1 amide bonds. The SMILES string of the molecule is Cc1nn(-c2ccccc2)c2ncc(NC(=O)/C=C/c3ccc(OCc4ccccc4)cc3)cc12. The van der Waals surface area contributed by atoms with E-state index in [4.69, 9.17) is 4.74 Å². The lowest BCUT2D eigenvalue weighted by molar-refractivity contribution is -0.111. The zero-order valence-electron chi connectivity index (χ0n) is 19.3. The van der Waals surface area contributed by atoms with Gasteiger partial charge in [0.15, 0.2) is 5.65 Å². The van der Waals surface area contributed by atoms with Crippen LogP contribution in [0.15, 0.2) is 103 Å². The van der Waals surface area contributed by atoms with Crippen LogP contribution in [0.3, 0.4) is 0 Å². The summed E-state index contributed by atoms with van der Waals surface area (Å²) in [6.45, 7) is 2.45. The Morgan fingerprint density at radius 3 is 2.43 bits per heavy atom. The van der Waals surface area contributed by atoms with E-state index in [-0.39, 0.29) is 5.91 Å². The molecule has 0 spiro atoms. The number of aryl methyl sites for hydroxylation is 1. The quantitative estimate of drug-likeness (QED) is 0.304. The van der Waals surface area contributed by atoms with Crippen molar-refractivity contribution in [3.05, 3.63) is 120 Å². The van der Waals surface area contributed by atoms with Crippen molar-refractivity contribution in [3.63, 3.8) is 0 Å². The third-order valence-electron chi connectivity index (χ3n) is 5.53. The lowest BCUT2D eigenvalue weighted by Crippen LogP contribution is -2.08. The van der Waals surface area contributed by atoms with Crippen LogP contribution in [0.1, 0.15) is 16.8 Å². The van der Waals surface area contributed by atoms with Crippen molar-refractivity contribution >= 4 is 28.7 Å². The highest BCUT2D eigenvalue weighted by Crippen LogP contribution is 2.23. The lowest BCUT2D eigenvalue weighted by Gasteiger charge is -2.06. The second-order valence-corrected chi connectivity index (χ2v) is 8.09. The predicted octanol–water partition coefficient (Wildman–Crippen LogP) is 5.96. The molecule has 0 atom stereocenters. The van der Waals surface area contributed by atoms with Gasteiger partial charge in [-0.1, -0.05) is 60.7 Å². The molecular weight excluding hydrogens is 436 g/mol. The highest BCUT2D eigenvalue weighted by Gasteiger charge is 2.11. The maximum Gasteiger partial charge on any atom is 0.248 e. The van der Waals surface area contributed by atoms with Crippen LogP contribution in [0.4, 0.5) is 5.69 Å². The van der Waals surface area contributed by atoms with Gasteiger partial charge in [0.25, 0.3) is 0 Å². The van der Waals surface area contributed by atoms with Gasteiger partial charge in [0.1, 0.15) is 12.4 Å². The molecule has 2 aromatic heterocycles. The third kappa shape index (κ3) is 5.28. The molecule has 0 radical (unpaired) electrons. The van der Waals surface area contributed by atoms with E-state index in [1.54, 1.807) is 12.3 Å². The molecule has 0 aliphatic heterocycles. The number of para-hydroxylation sites is 1. The van der Waals surface area contributed by atoms with Crippen LogP contribution in [0, 0.1) is 6.92 Å². The molecule has 0 saturated heterocycles. The smallest absolute Gasteiger partial charge is 0.248 e. The molecule has 6 heteroatoms. The zero-order chi connectivity index (χ0) is 24.0. The van der Waals surface area contributed by atoms with Gasteiger partial charge in [-0.2, -0.15) is 5.10 Å². The second kappa shape index (κ2) is 10.1. The number of ether oxygens (including phenoxy) is 1. The Bertz CT molecular complexity index is 1470. The zero-order valence-corrected chi connectivity index (χ0v) is 19.3. The Balaban J connectivity index is 1.22. The maximum atomic E-state index is 12.5. The van der Waals surface area contributed by atoms with Crippen LogP contribution < -0.4 is 10.1 Å². The summed E-state index contributed by atoms with van der Waals surface area (Å²) in [7, 11) is 0. The van der Waals surface area contributed by atoms with Gasteiger partial charge in [-0.05, 0) is 54.5 Å². The van der Waals surface area contributed by atoms with E-state index in [0.29, 0.717) is 12.3 Å². The third-order valence-corrected chi connectivity index (χ3v) is 5.53. The van der Waals surface area contributed by atoms with E-state index in [1.165, 1.54) is 6.08 Å². The number of anilines is 1. The van der Waals surface area contributed by atoms with Crippen molar-refractivity contribution < 1.29 is 9.53 Å². The van der Waals surface area contributed by atoms with Crippen LogP contribution in [0.5, 0.6) is 5.75 Å². The van der Waals surface area contributed by atoms with Gasteiger partial charge in [-0.25, -0.2) is 9.67 Å². The first kappa shape index (κ1) is 22.1. The van der Waals surface area contributed by atoms with Gasteiger partial charge in [-0.3, -0.25) is 4.79 Å². The molecule has 0 aliphatic carbocycles. The summed E-state index contributed by atoms with van der Waals surface area (Å²) < 4.78 is 7.62. The second-order valence-electron chi connectivity index (χ2n) is 8.09. The first-order valence-electron chi connectivity index (χ1n) is 11.3. The summed E-state index contributed by atoms with van der Waals surface area (Å²) in [4.78, 5) is 17.0. The van der Waals surface area contributed by atoms with Crippen LogP contribution >= 0.6 is 0 Å². The van der Waals surface area contributed by atoms with Crippen LogP contribution in [0.25, 0.3) is 22.8 Å². The molecule has 3 aromatic carbocycles. The van der Waals surface area contributed by atoms with Gasteiger partial charge < -0.3 is 10.1 Å². The molecule has 35 heavy (non-hydrogen) atoms. The fourth-order valence-electron chi connectivity index (χ4n) is 3.73. The first-order chi connectivity index (χ1) is 17.2. The minimum atomic E-state index is -0.233. The number of carbonyl (C=O) groups is 1. The molecular formula is C29H24N4O2. The number of amides is 1. The van der Waals surface area contributed by atoms with E-state index in [1.807, 2.05) is 103 Å². The number of aromatic nitrogens is 3. The number of benzene rings is 3. The molecule has 0 saturated carbocycles. The summed E-state index contributed by atoms with van der Waals surface area (Å²) >= 11 is 0. The molecule has 6 nitrogen and oxygen atoms in total. The summed E-state index contributed by atoms with van der Waals surface area (Å²) in [6, 6.07) is 29.4. The normalized spacial score (nSPS) is 11.1. The summed E-state index contributed by atoms with van der Waals surface area (Å²) in [5.74, 6) is 0.546. The number of nitrogens with zero attached hydrogens (tertiary/aromatic N) is 3. The van der Waals surface area contributed by atoms with E-state index < -0.39 is 0 Å². The van der Waals surface area contributed by atoms with Crippen LogP contribution in [0.2, 0.25) is 0 Å². The van der Waals surface area contributed by atoms with Gasteiger partial charge in [0.05, 0.1) is 23.3 Å². The van der Waals surface area contributed by atoms with Crippen molar-refractivity contribution in [1.29, 1.82) is 0 Å². The van der Waals surface area contributed by atoms with Crippen LogP contribution in [-0.4, -0.2) is 20.7 Å². The van der Waals surface area contributed by atoms with Crippen molar-refractivity contribution in [2.45, 2.75) is 13.5 Å². The number of rotatable bonds is 7. The maximum absolute atomic E-state index is 12.5. The molecule has 0 aliphatic rings. The van der Waals surface area contributed by atoms with E-state index in [9.17, 15) is 4.79 Å². The summed E-state index contributed by atoms with van der Waals surface area (Å²) in [5, 5.41) is 8.38. The van der Waals surface area contributed by atoms with Crippen LogP contribution in [-0.2, 0) is 11.4 Å². The number of hydrogen-bond acceptors (Lipinski definition) is 4. The van der Waals surface area contributed by atoms with E-state index in [2.05, 4.69) is 15.4 Å². The fourth-order valence-corrected chi connectivity index (χ4v) is 3.73. The summed E-state index contributed by atoms with van der Waals surface area (Å²) in [6.07, 6.45) is 4.92. The number of hydrogen-bond donors (Lipinski definition) is 1. The molecule has 0 bridgehead atoms. The first-order valence-corrected chi connectivity index (χ1v) is 11.3. The Labute approximate surface area is 203 Å². The standard InChI is InChI=1S/C29H24N4O2/c1-21-27-18-24(19-30-29(27)33(32-21)25-10-6-3-7-11-25)31-28(34)17-14-22-12-15-26(16-13-22)35-20-23-8-4-2-5-9-23/h2-19H,20H2,1H3,(H,31,34)/b17-14+. The predicted molar refractivity (Wildman–Crippen MR) is 138 cm³/mol. The van der Waals surface area contributed by atoms with E-state index >= 15 is 0 Å². The van der Waals surface area contributed by atoms with Crippen molar-refractivity contribution in [3.8, 4) is 11.4 Å². The van der Waals surface area contributed by atoms with Gasteiger partial charge in [-0.15, -0.1) is 0 Å². The Morgan fingerprint density at radius 1 is 0.971 bits per heavy atom. The fraction of sp³-hybridized carbons (Fsp3) is 0.0690. The lowest BCUT2D eigenvalue weighted by atomic mass is 10.2. The Kier molecular flexibility index (Phi) is 6.35. The van der Waals surface area contributed by atoms with Crippen molar-refractivity contribution in [1.82, 2.24) is 14.8 Å². The van der Waals surface area contributed by atoms with Gasteiger partial charge >= 0.3 is 0 Å². The average Bonchev–Trinajstić information content (AvgIpc) is 3.23. The summed E-state index contributed by atoms with van der Waals surface area (Å²) in [5.41, 5.74) is 5.17. The number of carbonyl (C=O) groups excluding carboxylic acids is 1. The van der Waals surface area contributed by atoms with Crippen molar-refractivity contribution in [2.75, 3.05) is 5.32 Å². The van der Waals surface area contributed by atoms with Crippen molar-refractivity contribution in [2.24, 2.45) is 0 Å². The number of pyridine rings is 1. The molecule has 2 heterocycles. The molecule has 172 valence electrons. The highest BCUT2D eigenvalue weighted by atomic mass is 16.5. The molecule has 0 unspecified atom stereocenters. The largest absolute Gasteiger partial charge is 0.489 e. The average molecular weight is 461 g/mol. The Morgan fingerprint density at radius 2 is 1.69 bits per heavy atom. The molecule has 5 aromatic rings. The topological polar surface area (TPSA) is 69.0 Å².